The fourth-order valence-corrected chi connectivity index (χ4v) is 5.34. The Hall–Kier alpha value is -2.34. The van der Waals surface area contributed by atoms with Crippen LogP contribution in [-0.2, 0) is 28.9 Å². The Bertz CT molecular complexity index is 935. The topological polar surface area (TPSA) is 73.5 Å². The van der Waals surface area contributed by atoms with Gasteiger partial charge in [-0.2, -0.15) is 0 Å². The summed E-state index contributed by atoms with van der Waals surface area (Å²) in [5, 5.41) is 9.66. The third-order valence-corrected chi connectivity index (χ3v) is 7.50. The number of carbonyl (C=O) groups is 2. The van der Waals surface area contributed by atoms with Gasteiger partial charge in [-0.3, -0.25) is 9.59 Å². The number of benzene rings is 1. The van der Waals surface area contributed by atoms with Gasteiger partial charge in [0, 0.05) is 25.3 Å². The Balaban J connectivity index is 0.00000131. The van der Waals surface area contributed by atoms with Gasteiger partial charge >= 0.3 is 0 Å². The number of hydrogen-bond donors (Lipinski definition) is 3. The predicted molar refractivity (Wildman–Crippen MR) is 168 cm³/mol. The predicted octanol–water partition coefficient (Wildman–Crippen LogP) is 5.64. The number of allylic oxidation sites excluding steroid dienone is 1. The van der Waals surface area contributed by atoms with Crippen LogP contribution in [0.25, 0.3) is 0 Å². The summed E-state index contributed by atoms with van der Waals surface area (Å²) < 4.78 is 0. The van der Waals surface area contributed by atoms with Crippen molar-refractivity contribution in [2.24, 2.45) is 17.8 Å². The molecule has 40 heavy (non-hydrogen) atoms. The lowest BCUT2D eigenvalue weighted by atomic mass is 9.90. The molecule has 1 fully saturated rings. The largest absolute Gasteiger partial charge is 0.368 e. The van der Waals surface area contributed by atoms with Gasteiger partial charge in [0.1, 0.15) is 0 Å². The van der Waals surface area contributed by atoms with Gasteiger partial charge in [-0.15, -0.1) is 0 Å². The molecule has 1 heterocycles. The molecule has 1 aliphatic heterocycles. The minimum atomic E-state index is -0.126. The number of fused-ring (bicyclic) bond motifs is 2. The lowest BCUT2D eigenvalue weighted by Gasteiger charge is -2.31. The molecule has 2 bridgehead atoms. The smallest absolute Gasteiger partial charge is 0.239 e. The number of aryl methyl sites for hydroxylation is 2. The van der Waals surface area contributed by atoms with E-state index in [1.165, 1.54) is 35.2 Å². The second-order valence-corrected chi connectivity index (χ2v) is 12.5. The first kappa shape index (κ1) is 33.9. The van der Waals surface area contributed by atoms with Crippen LogP contribution in [0.2, 0.25) is 0 Å². The van der Waals surface area contributed by atoms with Crippen molar-refractivity contribution < 1.29 is 9.59 Å². The number of likely N-dealkylation sites (N-methyl/N-ethyl adjacent to an activating group) is 1. The van der Waals surface area contributed by atoms with E-state index in [1.54, 1.807) is 0 Å². The average molecular weight is 555 g/mol. The van der Waals surface area contributed by atoms with Gasteiger partial charge in [0.25, 0.3) is 0 Å². The Morgan fingerprint density at radius 2 is 1.68 bits per heavy atom. The third-order valence-electron chi connectivity index (χ3n) is 7.50. The van der Waals surface area contributed by atoms with Crippen molar-refractivity contribution in [1.29, 1.82) is 0 Å². The van der Waals surface area contributed by atoms with Crippen LogP contribution in [0.5, 0.6) is 0 Å². The molecule has 1 aromatic rings. The van der Waals surface area contributed by atoms with Gasteiger partial charge in [-0.25, -0.2) is 0 Å². The molecule has 0 aromatic heterocycles. The first-order valence-corrected chi connectivity index (χ1v) is 15.9. The van der Waals surface area contributed by atoms with Gasteiger partial charge in [0.2, 0.25) is 11.8 Å². The van der Waals surface area contributed by atoms with Crippen molar-refractivity contribution in [3.63, 3.8) is 0 Å². The molecule has 1 saturated carbocycles. The summed E-state index contributed by atoms with van der Waals surface area (Å²) in [6.45, 7) is 15.1. The standard InChI is InChI=1S/C30H48N4O2.C4H10/c1-5-9-26-23-11-7-12-24(26)15-14-22(3)19-33-30(25-16-17-25)27(10-6-2)34(4)21-29(36)32-20-28(35)31-18-8-13-23;1-4(2)3/h7,10-12,22,25,30,33H,5-6,8-9,13-21H2,1-4H3,(H,31,35)(H,32,36);4H,1-3H3/b27-10+;. The molecule has 6 nitrogen and oxygen atoms in total. The average Bonchev–Trinajstić information content (AvgIpc) is 3.74. The van der Waals surface area contributed by atoms with Crippen LogP contribution < -0.4 is 16.0 Å². The molecule has 2 atom stereocenters. The summed E-state index contributed by atoms with van der Waals surface area (Å²) in [6, 6.07) is 7.05. The van der Waals surface area contributed by atoms with Crippen LogP contribution >= 0.6 is 0 Å². The molecule has 3 rings (SSSR count). The van der Waals surface area contributed by atoms with Gasteiger partial charge in [-0.1, -0.05) is 72.2 Å². The molecule has 1 aromatic carbocycles. The Morgan fingerprint density at radius 3 is 2.30 bits per heavy atom. The van der Waals surface area contributed by atoms with E-state index in [9.17, 15) is 9.59 Å². The zero-order valence-corrected chi connectivity index (χ0v) is 26.6. The van der Waals surface area contributed by atoms with Crippen LogP contribution in [0.1, 0.15) is 96.8 Å². The third kappa shape index (κ3) is 12.4. The Morgan fingerprint density at radius 1 is 1.00 bits per heavy atom. The molecule has 2 amide bonds. The fraction of sp³-hybridized carbons (Fsp3) is 0.706. The SMILES string of the molecule is CC(C)C.CC/C=C1\C(C2CC2)NCC(C)CCc2cccc(c2CCC)CCCNC(=O)CNC(=O)CN1C. The summed E-state index contributed by atoms with van der Waals surface area (Å²) in [5.74, 6) is 1.80. The van der Waals surface area contributed by atoms with Gasteiger partial charge in [0.05, 0.1) is 13.1 Å². The second kappa shape index (κ2) is 18.2. The van der Waals surface area contributed by atoms with Gasteiger partial charge in [0.15, 0.2) is 0 Å². The monoisotopic (exact) mass is 554 g/mol. The van der Waals surface area contributed by atoms with E-state index in [1.807, 2.05) is 7.05 Å². The number of carbonyl (C=O) groups excluding carboxylic acids is 2. The number of rotatable bonds is 4. The maximum Gasteiger partial charge on any atom is 0.239 e. The molecular formula is C34H58N4O2. The normalized spacial score (nSPS) is 23.2. The van der Waals surface area contributed by atoms with Crippen molar-refractivity contribution in [2.45, 2.75) is 105 Å². The van der Waals surface area contributed by atoms with Crippen molar-refractivity contribution in [3.8, 4) is 0 Å². The number of amides is 2. The maximum absolute atomic E-state index is 12.6. The molecule has 2 unspecified atom stereocenters. The van der Waals surface area contributed by atoms with E-state index in [0.717, 1.165) is 57.4 Å². The molecule has 226 valence electrons. The Labute approximate surface area is 245 Å². The molecule has 0 radical (unpaired) electrons. The number of hydrogen-bond acceptors (Lipinski definition) is 4. The van der Waals surface area contributed by atoms with E-state index in [0.29, 0.717) is 18.4 Å². The summed E-state index contributed by atoms with van der Waals surface area (Å²) in [5.41, 5.74) is 5.63. The quantitative estimate of drug-likeness (QED) is 0.450. The van der Waals surface area contributed by atoms with Crippen molar-refractivity contribution >= 4 is 11.8 Å². The minimum Gasteiger partial charge on any atom is -0.368 e. The minimum absolute atomic E-state index is 0.0257. The summed E-state index contributed by atoms with van der Waals surface area (Å²) in [6.07, 6.45) is 12.0. The first-order chi connectivity index (χ1) is 19.2. The lowest BCUT2D eigenvalue weighted by molar-refractivity contribution is -0.126. The lowest BCUT2D eigenvalue weighted by Crippen LogP contribution is -2.45. The van der Waals surface area contributed by atoms with Crippen LogP contribution in [0.4, 0.5) is 0 Å². The summed E-state index contributed by atoms with van der Waals surface area (Å²) in [4.78, 5) is 27.0. The van der Waals surface area contributed by atoms with Crippen LogP contribution in [0.3, 0.4) is 0 Å². The number of nitrogens with one attached hydrogen (secondary N) is 3. The van der Waals surface area contributed by atoms with Crippen LogP contribution in [-0.4, -0.2) is 56.0 Å². The fourth-order valence-electron chi connectivity index (χ4n) is 5.34. The summed E-state index contributed by atoms with van der Waals surface area (Å²) >= 11 is 0. The van der Waals surface area contributed by atoms with Crippen molar-refractivity contribution in [1.82, 2.24) is 20.9 Å². The zero-order chi connectivity index (χ0) is 29.5. The van der Waals surface area contributed by atoms with Crippen molar-refractivity contribution in [3.05, 3.63) is 46.7 Å². The molecule has 2 aliphatic rings. The first-order valence-electron chi connectivity index (χ1n) is 15.9. The maximum atomic E-state index is 12.6. The number of nitrogens with zero attached hydrogens (tertiary/aromatic N) is 1. The van der Waals surface area contributed by atoms with Gasteiger partial charge < -0.3 is 20.9 Å². The molecule has 1 aliphatic carbocycles. The highest BCUT2D eigenvalue weighted by Crippen LogP contribution is 2.36. The van der Waals surface area contributed by atoms with E-state index >= 15 is 0 Å². The van der Waals surface area contributed by atoms with E-state index < -0.39 is 0 Å². The highest BCUT2D eigenvalue weighted by molar-refractivity contribution is 5.85. The summed E-state index contributed by atoms with van der Waals surface area (Å²) in [7, 11) is 2.00. The molecule has 0 saturated heterocycles. The zero-order valence-electron chi connectivity index (χ0n) is 26.6. The van der Waals surface area contributed by atoms with Gasteiger partial charge in [-0.05, 0) is 92.4 Å². The van der Waals surface area contributed by atoms with E-state index in [4.69, 9.17) is 0 Å². The molecule has 6 heteroatoms. The Kier molecular flexibility index (Phi) is 15.4. The van der Waals surface area contributed by atoms with Crippen LogP contribution in [0, 0.1) is 17.8 Å². The van der Waals surface area contributed by atoms with E-state index in [-0.39, 0.29) is 30.9 Å². The van der Waals surface area contributed by atoms with E-state index in [2.05, 4.69) is 86.7 Å². The second-order valence-electron chi connectivity index (χ2n) is 12.5. The highest BCUT2D eigenvalue weighted by atomic mass is 16.2. The molecule has 0 spiro atoms. The van der Waals surface area contributed by atoms with Crippen LogP contribution in [0.15, 0.2) is 30.0 Å². The highest BCUT2D eigenvalue weighted by Gasteiger charge is 2.35. The van der Waals surface area contributed by atoms with Crippen molar-refractivity contribution in [2.75, 3.05) is 33.2 Å². The molecule has 3 N–H and O–H groups in total. The molecular weight excluding hydrogens is 496 g/mol.